The zero-order chi connectivity index (χ0) is 15.3. The van der Waals surface area contributed by atoms with E-state index in [0.717, 1.165) is 0 Å². The maximum atomic E-state index is 12.7. The van der Waals surface area contributed by atoms with Crippen LogP contribution >= 0.6 is 0 Å². The van der Waals surface area contributed by atoms with Crippen molar-refractivity contribution in [3.63, 3.8) is 0 Å². The number of aromatic nitrogens is 2. The van der Waals surface area contributed by atoms with Crippen LogP contribution in [0.2, 0.25) is 0 Å². The molecule has 110 valence electrons. The molecule has 0 radical (unpaired) electrons. The van der Waals surface area contributed by atoms with Crippen molar-refractivity contribution in [3.05, 3.63) is 48.0 Å². The average Bonchev–Trinajstić information content (AvgIpc) is 2.71. The van der Waals surface area contributed by atoms with Crippen molar-refractivity contribution in [2.24, 2.45) is 0 Å². The van der Waals surface area contributed by atoms with Gasteiger partial charge in [0.05, 0.1) is 21.2 Å². The van der Waals surface area contributed by atoms with Crippen molar-refractivity contribution in [1.82, 2.24) is 9.97 Å². The van der Waals surface area contributed by atoms with Gasteiger partial charge in [-0.05, 0) is 31.2 Å². The highest BCUT2D eigenvalue weighted by Gasteiger charge is 2.44. The predicted octanol–water partition coefficient (Wildman–Crippen LogP) is 1.09. The van der Waals surface area contributed by atoms with E-state index >= 15 is 0 Å². The normalized spacial score (nSPS) is 20.1. The summed E-state index contributed by atoms with van der Waals surface area (Å²) < 4.78 is 49.6. The lowest BCUT2D eigenvalue weighted by Gasteiger charge is -2.11. The highest BCUT2D eigenvalue weighted by molar-refractivity contribution is 7.96. The first kappa shape index (κ1) is 14.2. The number of nitrogens with zero attached hydrogens (tertiary/aromatic N) is 2. The minimum atomic E-state index is -3.84. The molecule has 0 fully saturated rings. The fourth-order valence-electron chi connectivity index (χ4n) is 2.34. The topological polar surface area (TPSA) is 94.1 Å². The Kier molecular flexibility index (Phi) is 3.10. The molecule has 0 amide bonds. The number of pyridine rings is 2. The molecule has 21 heavy (non-hydrogen) atoms. The van der Waals surface area contributed by atoms with Crippen LogP contribution in [-0.2, 0) is 19.7 Å². The van der Waals surface area contributed by atoms with Crippen LogP contribution in [0, 0.1) is 6.92 Å². The molecule has 6 nitrogen and oxygen atoms in total. The summed E-state index contributed by atoms with van der Waals surface area (Å²) in [6, 6.07) is 5.89. The fraction of sp³-hybridized carbons (Fsp3) is 0.231. The lowest BCUT2D eigenvalue weighted by atomic mass is 10.2. The maximum Gasteiger partial charge on any atom is 0.189 e. The van der Waals surface area contributed by atoms with E-state index in [9.17, 15) is 16.8 Å². The van der Waals surface area contributed by atoms with Gasteiger partial charge >= 0.3 is 0 Å². The second kappa shape index (κ2) is 4.60. The Morgan fingerprint density at radius 2 is 2.00 bits per heavy atom. The molecule has 1 aliphatic heterocycles. The van der Waals surface area contributed by atoms with Gasteiger partial charge in [0, 0.05) is 18.1 Å². The third-order valence-electron chi connectivity index (χ3n) is 3.37. The van der Waals surface area contributed by atoms with Crippen molar-refractivity contribution >= 4 is 19.7 Å². The quantitative estimate of drug-likeness (QED) is 0.820. The Morgan fingerprint density at radius 1 is 1.24 bits per heavy atom. The SMILES string of the molecule is Cc1ccc2c(n1)C(S(=O)(=O)c1cccnc1)CS2(=O)=O. The van der Waals surface area contributed by atoms with E-state index in [-0.39, 0.29) is 15.5 Å². The average molecular weight is 324 g/mol. The smallest absolute Gasteiger partial charge is 0.189 e. The summed E-state index contributed by atoms with van der Waals surface area (Å²) in [6.45, 7) is 1.69. The number of aryl methyl sites for hydroxylation is 1. The van der Waals surface area contributed by atoms with E-state index in [4.69, 9.17) is 0 Å². The Bertz CT molecular complexity index is 906. The molecule has 0 N–H and O–H groups in total. The van der Waals surface area contributed by atoms with Crippen LogP contribution in [0.5, 0.6) is 0 Å². The molecule has 3 rings (SSSR count). The molecule has 0 bridgehead atoms. The standard InChI is InChI=1S/C13H12N2O4S2/c1-9-4-5-11-13(15-9)12(8-20(11,16)17)21(18,19)10-3-2-6-14-7-10/h2-7,12H,8H2,1H3. The van der Waals surface area contributed by atoms with Crippen molar-refractivity contribution in [1.29, 1.82) is 0 Å². The zero-order valence-electron chi connectivity index (χ0n) is 11.1. The van der Waals surface area contributed by atoms with E-state index in [1.807, 2.05) is 0 Å². The van der Waals surface area contributed by atoms with E-state index in [1.54, 1.807) is 13.0 Å². The Hall–Kier alpha value is -1.80. The number of sulfone groups is 2. The van der Waals surface area contributed by atoms with Gasteiger partial charge in [-0.3, -0.25) is 9.97 Å². The molecule has 2 aromatic heterocycles. The molecule has 1 aliphatic rings. The second-order valence-electron chi connectivity index (χ2n) is 4.84. The van der Waals surface area contributed by atoms with Crippen LogP contribution in [0.15, 0.2) is 46.5 Å². The van der Waals surface area contributed by atoms with Crippen LogP contribution in [0.25, 0.3) is 0 Å². The Balaban J connectivity index is 2.21. The lowest BCUT2D eigenvalue weighted by Crippen LogP contribution is -2.16. The first-order chi connectivity index (χ1) is 9.82. The van der Waals surface area contributed by atoms with Crippen LogP contribution in [-0.4, -0.2) is 32.6 Å². The summed E-state index contributed by atoms with van der Waals surface area (Å²) in [6.07, 6.45) is 2.68. The van der Waals surface area contributed by atoms with Crippen LogP contribution < -0.4 is 0 Å². The summed E-state index contributed by atoms with van der Waals surface area (Å²) in [5, 5.41) is -1.18. The van der Waals surface area contributed by atoms with Crippen molar-refractivity contribution in [2.75, 3.05) is 5.75 Å². The monoisotopic (exact) mass is 324 g/mol. The van der Waals surface area contributed by atoms with E-state index < -0.39 is 30.7 Å². The maximum absolute atomic E-state index is 12.7. The summed E-state index contributed by atoms with van der Waals surface area (Å²) in [4.78, 5) is 7.93. The van der Waals surface area contributed by atoms with Gasteiger partial charge in [0.15, 0.2) is 19.7 Å². The van der Waals surface area contributed by atoms with Crippen LogP contribution in [0.4, 0.5) is 0 Å². The van der Waals surface area contributed by atoms with Crippen molar-refractivity contribution in [3.8, 4) is 0 Å². The molecule has 1 unspecified atom stereocenters. The molecule has 0 aliphatic carbocycles. The van der Waals surface area contributed by atoms with Crippen LogP contribution in [0.1, 0.15) is 16.6 Å². The second-order valence-corrected chi connectivity index (χ2v) is 8.97. The third kappa shape index (κ3) is 2.24. The molecular weight excluding hydrogens is 312 g/mol. The predicted molar refractivity (Wildman–Crippen MR) is 75.2 cm³/mol. The van der Waals surface area contributed by atoms with Gasteiger partial charge in [0.25, 0.3) is 0 Å². The fourth-order valence-corrected chi connectivity index (χ4v) is 6.47. The minimum absolute atomic E-state index is 0.00126. The van der Waals surface area contributed by atoms with Gasteiger partial charge in [0.1, 0.15) is 5.25 Å². The van der Waals surface area contributed by atoms with Gasteiger partial charge < -0.3 is 0 Å². The number of hydrogen-bond acceptors (Lipinski definition) is 6. The van der Waals surface area contributed by atoms with E-state index in [1.165, 1.54) is 30.6 Å². The molecule has 8 heteroatoms. The zero-order valence-corrected chi connectivity index (χ0v) is 12.7. The molecule has 0 spiro atoms. The number of rotatable bonds is 2. The van der Waals surface area contributed by atoms with E-state index in [0.29, 0.717) is 5.69 Å². The lowest BCUT2D eigenvalue weighted by molar-refractivity contribution is 0.581. The first-order valence-corrected chi connectivity index (χ1v) is 9.36. The van der Waals surface area contributed by atoms with E-state index in [2.05, 4.69) is 9.97 Å². The molecular formula is C13H12N2O4S2. The van der Waals surface area contributed by atoms with Crippen molar-refractivity contribution < 1.29 is 16.8 Å². The highest BCUT2D eigenvalue weighted by atomic mass is 32.2. The summed E-state index contributed by atoms with van der Waals surface area (Å²) >= 11 is 0. The van der Waals surface area contributed by atoms with Gasteiger partial charge in [-0.15, -0.1) is 0 Å². The summed E-state index contributed by atoms with van der Waals surface area (Å²) in [5.74, 6) is -0.476. The number of hydrogen-bond donors (Lipinski definition) is 0. The summed E-state index contributed by atoms with van der Waals surface area (Å²) in [7, 11) is -7.47. The Labute approximate surface area is 122 Å². The third-order valence-corrected chi connectivity index (χ3v) is 7.41. The summed E-state index contributed by atoms with van der Waals surface area (Å²) in [5.41, 5.74) is 0.691. The first-order valence-electron chi connectivity index (χ1n) is 6.16. The Morgan fingerprint density at radius 3 is 2.67 bits per heavy atom. The largest absolute Gasteiger partial charge is 0.263 e. The van der Waals surface area contributed by atoms with Crippen LogP contribution in [0.3, 0.4) is 0 Å². The van der Waals surface area contributed by atoms with Gasteiger partial charge in [0.2, 0.25) is 0 Å². The highest BCUT2D eigenvalue weighted by Crippen LogP contribution is 2.39. The molecule has 1 atom stereocenters. The van der Waals surface area contributed by atoms with Gasteiger partial charge in [-0.1, -0.05) is 0 Å². The molecule has 3 heterocycles. The molecule has 2 aromatic rings. The minimum Gasteiger partial charge on any atom is -0.263 e. The molecule has 0 saturated heterocycles. The van der Waals surface area contributed by atoms with Crippen molar-refractivity contribution in [2.45, 2.75) is 22.0 Å². The molecule has 0 aromatic carbocycles. The van der Waals surface area contributed by atoms with Gasteiger partial charge in [-0.25, -0.2) is 16.8 Å². The van der Waals surface area contributed by atoms with Gasteiger partial charge in [-0.2, -0.15) is 0 Å². The molecule has 0 saturated carbocycles. The number of fused-ring (bicyclic) bond motifs is 1.